The first kappa shape index (κ1) is 30.6. The number of benzene rings is 3. The lowest BCUT2D eigenvalue weighted by atomic mass is 9.70. The van der Waals surface area contributed by atoms with Crippen LogP contribution < -0.4 is 14.8 Å². The number of nitrogens with one attached hydrogen (secondary N) is 1. The number of alkyl carbamates (subject to hydrolysis) is 1. The van der Waals surface area contributed by atoms with E-state index in [0.29, 0.717) is 5.56 Å². The van der Waals surface area contributed by atoms with Crippen LogP contribution in [0.15, 0.2) is 78.9 Å². The van der Waals surface area contributed by atoms with Crippen LogP contribution in [-0.4, -0.2) is 32.0 Å². The van der Waals surface area contributed by atoms with Crippen molar-refractivity contribution in [2.45, 2.75) is 45.3 Å². The predicted octanol–water partition coefficient (Wildman–Crippen LogP) is 7.78. The van der Waals surface area contributed by atoms with Crippen LogP contribution in [0.5, 0.6) is 11.5 Å². The molecule has 0 atom stereocenters. The Morgan fingerprint density at radius 2 is 1.23 bits per heavy atom. The third-order valence-corrected chi connectivity index (χ3v) is 5.76. The molecule has 0 bridgehead atoms. The number of hydrogen-bond donors (Lipinski definition) is 1. The van der Waals surface area contributed by atoms with E-state index in [4.69, 9.17) is 4.74 Å². The van der Waals surface area contributed by atoms with Gasteiger partial charge in [-0.25, -0.2) is 4.79 Å². The molecule has 0 aromatic heterocycles. The molecule has 11 heteroatoms. The van der Waals surface area contributed by atoms with Crippen LogP contribution in [0, 0.1) is 5.41 Å². The summed E-state index contributed by atoms with van der Waals surface area (Å²) in [6.45, 7) is 5.42. The molecule has 1 amide bonds. The lowest BCUT2D eigenvalue weighted by Gasteiger charge is -2.36. The summed E-state index contributed by atoms with van der Waals surface area (Å²) in [6, 6.07) is 19.0. The Bertz CT molecular complexity index is 1210. The van der Waals surface area contributed by atoms with Crippen molar-refractivity contribution in [2.24, 2.45) is 5.41 Å². The molecule has 0 heterocycles. The summed E-state index contributed by atoms with van der Waals surface area (Å²) >= 11 is 0. The van der Waals surface area contributed by atoms with Crippen molar-refractivity contribution >= 4 is 6.09 Å². The van der Waals surface area contributed by atoms with Crippen molar-refractivity contribution in [1.82, 2.24) is 5.32 Å². The summed E-state index contributed by atoms with van der Waals surface area (Å²) in [6.07, 6.45) is -10.7. The Kier molecular flexibility index (Phi) is 9.27. The van der Waals surface area contributed by atoms with Gasteiger partial charge in [0.2, 0.25) is 0 Å². The maximum absolute atomic E-state index is 13.1. The smallest absolute Gasteiger partial charge is 0.449 e. The number of hydrogen-bond acceptors (Lipinski definition) is 4. The molecule has 3 aromatic rings. The highest BCUT2D eigenvalue weighted by Gasteiger charge is 2.38. The van der Waals surface area contributed by atoms with E-state index in [1.807, 2.05) is 20.8 Å². The molecule has 0 radical (unpaired) electrons. The third-order valence-electron chi connectivity index (χ3n) is 5.76. The van der Waals surface area contributed by atoms with Gasteiger partial charge in [0.25, 0.3) is 0 Å². The fraction of sp³-hybridized carbons (Fsp3) is 0.345. The van der Waals surface area contributed by atoms with Gasteiger partial charge in [-0.1, -0.05) is 75.4 Å². The molecular formula is C29H29F6NO4. The number of alkyl halides is 6. The predicted molar refractivity (Wildman–Crippen MR) is 136 cm³/mol. The highest BCUT2D eigenvalue weighted by molar-refractivity contribution is 5.67. The van der Waals surface area contributed by atoms with Crippen molar-refractivity contribution in [3.8, 4) is 11.5 Å². The van der Waals surface area contributed by atoms with Gasteiger partial charge in [-0.05, 0) is 52.8 Å². The standard InChI is InChI=1S/C29H29F6NO4/c1-26(2,3)19-38-25(37)36-18-27(17-20-9-5-4-6-10-20,21-11-7-13-23(15-21)39-28(30,31)32)22-12-8-14-24(16-22)40-29(33,34)35/h4-16H,17-19H2,1-3H3,(H,36,37). The van der Waals surface area contributed by atoms with Crippen LogP contribution in [0.3, 0.4) is 0 Å². The Hall–Kier alpha value is -3.89. The molecule has 3 aromatic carbocycles. The minimum atomic E-state index is -4.98. The molecule has 0 fully saturated rings. The highest BCUT2D eigenvalue weighted by atomic mass is 19.4. The fourth-order valence-corrected chi connectivity index (χ4v) is 4.12. The molecule has 0 saturated heterocycles. The van der Waals surface area contributed by atoms with Crippen molar-refractivity contribution in [3.05, 3.63) is 95.6 Å². The van der Waals surface area contributed by atoms with Crippen LogP contribution in [-0.2, 0) is 16.6 Å². The van der Waals surface area contributed by atoms with E-state index >= 15 is 0 Å². The lowest BCUT2D eigenvalue weighted by molar-refractivity contribution is -0.275. The molecule has 0 unspecified atom stereocenters. The Labute approximate surface area is 228 Å². The summed E-state index contributed by atoms with van der Waals surface area (Å²) < 4.78 is 92.0. The fourth-order valence-electron chi connectivity index (χ4n) is 4.12. The van der Waals surface area contributed by atoms with E-state index in [1.54, 1.807) is 30.3 Å². The minimum Gasteiger partial charge on any atom is -0.449 e. The van der Waals surface area contributed by atoms with Gasteiger partial charge in [0, 0.05) is 12.0 Å². The van der Waals surface area contributed by atoms with Gasteiger partial charge < -0.3 is 19.5 Å². The van der Waals surface area contributed by atoms with E-state index < -0.39 is 35.7 Å². The van der Waals surface area contributed by atoms with Crippen molar-refractivity contribution in [1.29, 1.82) is 0 Å². The Balaban J connectivity index is 2.16. The lowest BCUT2D eigenvalue weighted by Crippen LogP contribution is -2.44. The van der Waals surface area contributed by atoms with Crippen LogP contribution in [0.25, 0.3) is 0 Å². The van der Waals surface area contributed by atoms with E-state index in [-0.39, 0.29) is 36.1 Å². The largest absolute Gasteiger partial charge is 0.573 e. The van der Waals surface area contributed by atoms with Crippen LogP contribution in [0.2, 0.25) is 0 Å². The van der Waals surface area contributed by atoms with Crippen LogP contribution in [0.1, 0.15) is 37.5 Å². The first-order valence-electron chi connectivity index (χ1n) is 12.2. The summed E-state index contributed by atoms with van der Waals surface area (Å²) in [5.41, 5.74) is -0.517. The zero-order chi connectivity index (χ0) is 29.6. The topological polar surface area (TPSA) is 56.8 Å². The molecular weight excluding hydrogens is 540 g/mol. The molecule has 0 aliphatic heterocycles. The van der Waals surface area contributed by atoms with Gasteiger partial charge in [0.05, 0.1) is 6.61 Å². The van der Waals surface area contributed by atoms with Crippen molar-refractivity contribution in [2.75, 3.05) is 13.2 Å². The number of carbonyl (C=O) groups is 1. The number of rotatable bonds is 9. The summed E-state index contributed by atoms with van der Waals surface area (Å²) in [5, 5.41) is 2.66. The van der Waals surface area contributed by atoms with E-state index in [9.17, 15) is 31.1 Å². The Morgan fingerprint density at radius 3 is 1.68 bits per heavy atom. The van der Waals surface area contributed by atoms with E-state index in [2.05, 4.69) is 14.8 Å². The van der Waals surface area contributed by atoms with Crippen LogP contribution >= 0.6 is 0 Å². The van der Waals surface area contributed by atoms with Gasteiger partial charge in [-0.3, -0.25) is 0 Å². The zero-order valence-corrected chi connectivity index (χ0v) is 22.0. The molecule has 0 saturated carbocycles. The van der Waals surface area contributed by atoms with Gasteiger partial charge >= 0.3 is 18.8 Å². The van der Waals surface area contributed by atoms with Gasteiger partial charge in [0.15, 0.2) is 0 Å². The minimum absolute atomic E-state index is 0.0777. The van der Waals surface area contributed by atoms with Crippen molar-refractivity contribution < 1.29 is 45.3 Å². The second kappa shape index (κ2) is 12.1. The van der Waals surface area contributed by atoms with Gasteiger partial charge in [-0.2, -0.15) is 0 Å². The Morgan fingerprint density at radius 1 is 0.725 bits per heavy atom. The average Bonchev–Trinajstić information content (AvgIpc) is 2.84. The monoisotopic (exact) mass is 569 g/mol. The zero-order valence-electron chi connectivity index (χ0n) is 22.0. The number of ether oxygens (including phenoxy) is 3. The molecule has 216 valence electrons. The van der Waals surface area contributed by atoms with Crippen molar-refractivity contribution in [3.63, 3.8) is 0 Å². The summed E-state index contributed by atoms with van der Waals surface area (Å²) in [4.78, 5) is 12.7. The number of carbonyl (C=O) groups excluding carboxylic acids is 1. The molecule has 5 nitrogen and oxygen atoms in total. The first-order chi connectivity index (χ1) is 18.5. The second-order valence-electron chi connectivity index (χ2n) is 10.4. The molecule has 0 aliphatic rings. The summed E-state index contributed by atoms with van der Waals surface area (Å²) in [7, 11) is 0. The quantitative estimate of drug-likeness (QED) is 0.268. The van der Waals surface area contributed by atoms with Crippen LogP contribution in [0.4, 0.5) is 31.1 Å². The molecule has 0 aliphatic carbocycles. The first-order valence-corrected chi connectivity index (χ1v) is 12.2. The molecule has 1 N–H and O–H groups in total. The molecule has 0 spiro atoms. The number of halogens is 6. The van der Waals surface area contributed by atoms with E-state index in [1.165, 1.54) is 24.3 Å². The molecule has 40 heavy (non-hydrogen) atoms. The normalized spacial score (nSPS) is 12.5. The highest BCUT2D eigenvalue weighted by Crippen LogP contribution is 2.40. The maximum Gasteiger partial charge on any atom is 0.573 e. The number of amides is 1. The van der Waals surface area contributed by atoms with E-state index in [0.717, 1.165) is 24.3 Å². The second-order valence-corrected chi connectivity index (χ2v) is 10.4. The average molecular weight is 570 g/mol. The van der Waals surface area contributed by atoms with Gasteiger partial charge in [-0.15, -0.1) is 26.3 Å². The third kappa shape index (κ3) is 9.39. The maximum atomic E-state index is 13.1. The molecule has 3 rings (SSSR count). The summed E-state index contributed by atoms with van der Waals surface area (Å²) in [5.74, 6) is -1.05. The SMILES string of the molecule is CC(C)(C)COC(=O)NCC(Cc1ccccc1)(c1cccc(OC(F)(F)F)c1)c1cccc(OC(F)(F)F)c1. The van der Waals surface area contributed by atoms with Gasteiger partial charge in [0.1, 0.15) is 11.5 Å².